The lowest BCUT2D eigenvalue weighted by Gasteiger charge is -2.22. The highest BCUT2D eigenvalue weighted by Crippen LogP contribution is 2.18. The van der Waals surface area contributed by atoms with Crippen LogP contribution >= 0.6 is 0 Å². The van der Waals surface area contributed by atoms with E-state index in [1.54, 1.807) is 11.8 Å². The average Bonchev–Trinajstić information content (AvgIpc) is 2.26. The summed E-state index contributed by atoms with van der Waals surface area (Å²) in [6, 6.07) is 12.7. The molecule has 0 bridgehead atoms. The van der Waals surface area contributed by atoms with Gasteiger partial charge in [0.2, 0.25) is 5.91 Å². The minimum atomic E-state index is -0.0271. The van der Waals surface area contributed by atoms with Crippen LogP contribution in [0.1, 0.15) is 32.4 Å². The Hall–Kier alpha value is -1.75. The van der Waals surface area contributed by atoms with Gasteiger partial charge in [-0.15, -0.1) is 0 Å². The van der Waals surface area contributed by atoms with E-state index in [-0.39, 0.29) is 11.9 Å². The van der Waals surface area contributed by atoms with Gasteiger partial charge in [-0.25, -0.2) is 0 Å². The lowest BCUT2D eigenvalue weighted by atomic mass is 10.1. The number of carbonyl (C=O) groups excluding carboxylic acids is 1. The van der Waals surface area contributed by atoms with Crippen LogP contribution in [0, 0.1) is 12.0 Å². The molecule has 0 aliphatic carbocycles. The molecule has 1 rings (SSSR count). The number of benzene rings is 1. The van der Waals surface area contributed by atoms with Gasteiger partial charge in [0.05, 0.1) is 6.04 Å². The standard InChI is InChI=1S/C13H15NO/c1-4-10-14(12(3)15)11(2)13-8-6-5-7-9-13/h5-9,11H,1-3H3/t11-/m0/s1. The van der Waals surface area contributed by atoms with E-state index >= 15 is 0 Å². The molecule has 0 radical (unpaired) electrons. The molecule has 0 aliphatic rings. The number of amides is 1. The fourth-order valence-electron chi connectivity index (χ4n) is 1.45. The third kappa shape index (κ3) is 2.85. The minimum Gasteiger partial charge on any atom is -0.274 e. The Labute approximate surface area is 90.9 Å². The zero-order valence-electron chi connectivity index (χ0n) is 9.32. The van der Waals surface area contributed by atoms with Crippen molar-refractivity contribution >= 4 is 5.91 Å². The molecule has 0 N–H and O–H groups in total. The van der Waals surface area contributed by atoms with Crippen molar-refractivity contribution in [3.05, 3.63) is 35.9 Å². The molecule has 1 atom stereocenters. The van der Waals surface area contributed by atoms with Crippen LogP contribution in [0.3, 0.4) is 0 Å². The largest absolute Gasteiger partial charge is 0.274 e. The van der Waals surface area contributed by atoms with Crippen LogP contribution < -0.4 is 0 Å². The molecule has 0 saturated heterocycles. The number of nitrogens with zero attached hydrogens (tertiary/aromatic N) is 1. The molecule has 2 nitrogen and oxygen atoms in total. The normalized spacial score (nSPS) is 11.1. The molecule has 0 aromatic heterocycles. The Morgan fingerprint density at radius 2 is 1.93 bits per heavy atom. The van der Waals surface area contributed by atoms with Crippen molar-refractivity contribution in [2.45, 2.75) is 26.8 Å². The molecule has 2 heteroatoms. The first-order valence-electron chi connectivity index (χ1n) is 4.94. The van der Waals surface area contributed by atoms with Gasteiger partial charge in [0.25, 0.3) is 0 Å². The molecule has 15 heavy (non-hydrogen) atoms. The summed E-state index contributed by atoms with van der Waals surface area (Å²) in [5, 5.41) is 0. The molecular weight excluding hydrogens is 186 g/mol. The summed E-state index contributed by atoms with van der Waals surface area (Å²) in [7, 11) is 0. The molecule has 1 aromatic rings. The Bertz CT molecular complexity index is 386. The van der Waals surface area contributed by atoms with Gasteiger partial charge in [-0.1, -0.05) is 36.3 Å². The first-order chi connectivity index (χ1) is 7.16. The van der Waals surface area contributed by atoms with Crippen molar-refractivity contribution in [1.29, 1.82) is 0 Å². The summed E-state index contributed by atoms with van der Waals surface area (Å²) in [5.74, 6) is 2.73. The Balaban J connectivity index is 2.94. The quantitative estimate of drug-likeness (QED) is 0.532. The van der Waals surface area contributed by atoms with Gasteiger partial charge in [0.1, 0.15) is 0 Å². The lowest BCUT2D eigenvalue weighted by Crippen LogP contribution is -2.26. The van der Waals surface area contributed by atoms with E-state index in [4.69, 9.17) is 0 Å². The lowest BCUT2D eigenvalue weighted by molar-refractivity contribution is -0.127. The second-order valence-electron chi connectivity index (χ2n) is 3.34. The molecule has 1 amide bonds. The van der Waals surface area contributed by atoms with Crippen LogP contribution in [0.5, 0.6) is 0 Å². The monoisotopic (exact) mass is 201 g/mol. The van der Waals surface area contributed by atoms with Gasteiger partial charge in [-0.05, 0) is 19.4 Å². The van der Waals surface area contributed by atoms with E-state index in [0.29, 0.717) is 0 Å². The van der Waals surface area contributed by atoms with Gasteiger partial charge >= 0.3 is 0 Å². The van der Waals surface area contributed by atoms with E-state index in [9.17, 15) is 4.79 Å². The molecule has 0 heterocycles. The topological polar surface area (TPSA) is 20.3 Å². The van der Waals surface area contributed by atoms with E-state index in [1.807, 2.05) is 37.3 Å². The summed E-state index contributed by atoms with van der Waals surface area (Å²) >= 11 is 0. The van der Waals surface area contributed by atoms with Gasteiger partial charge < -0.3 is 0 Å². The Morgan fingerprint density at radius 1 is 1.33 bits per heavy atom. The summed E-state index contributed by atoms with van der Waals surface area (Å²) in [6.07, 6.45) is 0. The van der Waals surface area contributed by atoms with E-state index in [0.717, 1.165) is 5.56 Å². The predicted molar refractivity (Wildman–Crippen MR) is 60.8 cm³/mol. The second kappa shape index (κ2) is 5.21. The van der Waals surface area contributed by atoms with E-state index in [1.165, 1.54) is 6.92 Å². The fraction of sp³-hybridized carbons (Fsp3) is 0.308. The Kier molecular flexibility index (Phi) is 3.93. The minimum absolute atomic E-state index is 0.00356. The van der Waals surface area contributed by atoms with E-state index in [2.05, 4.69) is 12.0 Å². The Morgan fingerprint density at radius 3 is 2.40 bits per heavy atom. The summed E-state index contributed by atoms with van der Waals surface area (Å²) in [4.78, 5) is 12.9. The summed E-state index contributed by atoms with van der Waals surface area (Å²) in [6.45, 7) is 5.23. The maximum absolute atomic E-state index is 11.4. The van der Waals surface area contributed by atoms with Crippen LogP contribution in [0.25, 0.3) is 0 Å². The third-order valence-corrected chi connectivity index (χ3v) is 2.24. The average molecular weight is 201 g/mol. The molecule has 1 aromatic carbocycles. The number of hydrogen-bond donors (Lipinski definition) is 0. The van der Waals surface area contributed by atoms with Crippen molar-refractivity contribution in [3.8, 4) is 12.0 Å². The highest BCUT2D eigenvalue weighted by Gasteiger charge is 2.15. The van der Waals surface area contributed by atoms with Gasteiger partial charge in [0, 0.05) is 13.0 Å². The van der Waals surface area contributed by atoms with Crippen LogP contribution in [0.2, 0.25) is 0 Å². The van der Waals surface area contributed by atoms with E-state index < -0.39 is 0 Å². The third-order valence-electron chi connectivity index (χ3n) is 2.24. The number of rotatable bonds is 2. The smallest absolute Gasteiger partial charge is 0.231 e. The van der Waals surface area contributed by atoms with Crippen LogP contribution in [-0.4, -0.2) is 10.8 Å². The maximum Gasteiger partial charge on any atom is 0.231 e. The zero-order chi connectivity index (χ0) is 11.3. The molecule has 0 fully saturated rings. The molecule has 0 spiro atoms. The van der Waals surface area contributed by atoms with Crippen LogP contribution in [0.15, 0.2) is 30.3 Å². The summed E-state index contributed by atoms with van der Waals surface area (Å²) in [5.41, 5.74) is 1.09. The van der Waals surface area contributed by atoms with Crippen molar-refractivity contribution in [2.24, 2.45) is 0 Å². The second-order valence-corrected chi connectivity index (χ2v) is 3.34. The number of hydrogen-bond acceptors (Lipinski definition) is 1. The molecule has 78 valence electrons. The van der Waals surface area contributed by atoms with Crippen molar-refractivity contribution in [3.63, 3.8) is 0 Å². The van der Waals surface area contributed by atoms with Gasteiger partial charge in [-0.2, -0.15) is 0 Å². The van der Waals surface area contributed by atoms with Gasteiger partial charge in [0.15, 0.2) is 0 Å². The van der Waals surface area contributed by atoms with Crippen LogP contribution in [-0.2, 0) is 4.79 Å². The molecule has 0 aliphatic heterocycles. The van der Waals surface area contributed by atoms with Crippen molar-refractivity contribution in [1.82, 2.24) is 4.90 Å². The highest BCUT2D eigenvalue weighted by molar-refractivity contribution is 5.75. The molecule has 0 unspecified atom stereocenters. The predicted octanol–water partition coefficient (Wildman–Crippen LogP) is 2.58. The van der Waals surface area contributed by atoms with Crippen molar-refractivity contribution < 1.29 is 4.79 Å². The maximum atomic E-state index is 11.4. The number of carbonyl (C=O) groups is 1. The van der Waals surface area contributed by atoms with Gasteiger partial charge in [-0.3, -0.25) is 9.69 Å². The van der Waals surface area contributed by atoms with Crippen LogP contribution in [0.4, 0.5) is 0 Å². The first-order valence-corrected chi connectivity index (χ1v) is 4.94. The van der Waals surface area contributed by atoms with Crippen molar-refractivity contribution in [2.75, 3.05) is 0 Å². The highest BCUT2D eigenvalue weighted by atomic mass is 16.2. The SMILES string of the molecule is CC#CN(C(C)=O)[C@@H](C)c1ccccc1. The molecule has 0 saturated carbocycles. The first kappa shape index (κ1) is 11.3. The zero-order valence-corrected chi connectivity index (χ0v) is 9.32. The molecular formula is C13H15NO. The fourth-order valence-corrected chi connectivity index (χ4v) is 1.45. The summed E-state index contributed by atoms with van der Waals surface area (Å²) < 4.78 is 0.